The van der Waals surface area contributed by atoms with E-state index in [1.165, 1.54) is 11.1 Å². The minimum Gasteiger partial charge on any atom is -0.394 e. The smallest absolute Gasteiger partial charge is 0.113 e. The number of hydrogen-bond acceptors (Lipinski definition) is 4. The second kappa shape index (κ2) is 6.00. The summed E-state index contributed by atoms with van der Waals surface area (Å²) in [7, 11) is 1.90. The maximum Gasteiger partial charge on any atom is 0.113 e. The lowest BCUT2D eigenvalue weighted by atomic mass is 9.77. The predicted molar refractivity (Wildman–Crippen MR) is 93.5 cm³/mol. The summed E-state index contributed by atoms with van der Waals surface area (Å²) in [5.41, 5.74) is 5.30. The second-order valence-corrected chi connectivity index (χ2v) is 6.64. The fourth-order valence-electron chi connectivity index (χ4n) is 3.79. The lowest BCUT2D eigenvalue weighted by Crippen LogP contribution is -2.47. The topological polar surface area (TPSA) is 63.0 Å². The van der Waals surface area contributed by atoms with Gasteiger partial charge in [0.1, 0.15) is 5.52 Å². The monoisotopic (exact) mass is 322 g/mol. The first-order valence-corrected chi connectivity index (χ1v) is 8.44. The molecule has 1 unspecified atom stereocenters. The molecule has 0 saturated carbocycles. The van der Waals surface area contributed by atoms with E-state index in [4.69, 9.17) is 0 Å². The molecule has 2 N–H and O–H groups in total. The van der Waals surface area contributed by atoms with E-state index in [9.17, 15) is 5.11 Å². The minimum absolute atomic E-state index is 0.109. The van der Waals surface area contributed by atoms with Gasteiger partial charge in [0.25, 0.3) is 0 Å². The zero-order valence-corrected chi connectivity index (χ0v) is 13.9. The van der Waals surface area contributed by atoms with Crippen LogP contribution in [0.1, 0.15) is 29.5 Å². The van der Waals surface area contributed by atoms with Crippen LogP contribution >= 0.6 is 0 Å². The van der Waals surface area contributed by atoms with Crippen LogP contribution in [0.2, 0.25) is 0 Å². The largest absolute Gasteiger partial charge is 0.394 e. The molecule has 1 aliphatic rings. The first-order chi connectivity index (χ1) is 11.7. The number of aryl methyl sites for hydroxylation is 2. The van der Waals surface area contributed by atoms with Crippen LogP contribution in [0.25, 0.3) is 11.0 Å². The zero-order chi connectivity index (χ0) is 16.6. The average Bonchev–Trinajstić information content (AvgIpc) is 3.00. The molecule has 1 aromatic heterocycles. The Morgan fingerprint density at radius 3 is 3.00 bits per heavy atom. The van der Waals surface area contributed by atoms with E-state index >= 15 is 0 Å². The number of aliphatic hydroxyl groups is 1. The molecule has 0 spiro atoms. The van der Waals surface area contributed by atoms with Crippen LogP contribution in [0.15, 0.2) is 42.5 Å². The number of aliphatic hydroxyl groups excluding tert-OH is 1. The van der Waals surface area contributed by atoms with Gasteiger partial charge in [-0.15, -0.1) is 5.10 Å². The molecule has 2 aromatic carbocycles. The molecule has 1 aliphatic carbocycles. The number of nitrogens with one attached hydrogen (secondary N) is 1. The van der Waals surface area contributed by atoms with Crippen molar-refractivity contribution in [1.29, 1.82) is 0 Å². The molecule has 1 atom stereocenters. The first kappa shape index (κ1) is 15.3. The van der Waals surface area contributed by atoms with E-state index in [-0.39, 0.29) is 12.1 Å². The van der Waals surface area contributed by atoms with Crippen molar-refractivity contribution in [1.82, 2.24) is 20.3 Å². The van der Waals surface area contributed by atoms with Crippen LogP contribution in [0.3, 0.4) is 0 Å². The van der Waals surface area contributed by atoms with Crippen molar-refractivity contribution in [3.63, 3.8) is 0 Å². The number of fused-ring (bicyclic) bond motifs is 2. The van der Waals surface area contributed by atoms with Gasteiger partial charge in [-0.2, -0.15) is 0 Å². The molecule has 0 fully saturated rings. The van der Waals surface area contributed by atoms with Gasteiger partial charge in [-0.3, -0.25) is 0 Å². The van der Waals surface area contributed by atoms with Gasteiger partial charge in [0.15, 0.2) is 0 Å². The fraction of sp³-hybridized carbons (Fsp3) is 0.368. The Kier molecular flexibility index (Phi) is 3.82. The standard InChI is InChI=1S/C19H22N4O/c1-23-18-9-8-14(11-17(18)21-22-23)12-20-19(13-24)10-4-6-15-5-2-3-7-16(15)19/h2-3,5,7-9,11,20,24H,4,6,10,12-13H2,1H3. The summed E-state index contributed by atoms with van der Waals surface area (Å²) in [6.07, 6.45) is 3.13. The van der Waals surface area contributed by atoms with Crippen molar-refractivity contribution < 1.29 is 5.11 Å². The third-order valence-electron chi connectivity index (χ3n) is 5.16. The highest BCUT2D eigenvalue weighted by atomic mass is 16.3. The first-order valence-electron chi connectivity index (χ1n) is 8.44. The molecule has 24 heavy (non-hydrogen) atoms. The van der Waals surface area contributed by atoms with Crippen molar-refractivity contribution in [2.75, 3.05) is 6.61 Å². The van der Waals surface area contributed by atoms with Crippen LogP contribution in [0.5, 0.6) is 0 Å². The van der Waals surface area contributed by atoms with Gasteiger partial charge in [0.05, 0.1) is 17.7 Å². The van der Waals surface area contributed by atoms with Crippen LogP contribution < -0.4 is 5.32 Å². The number of benzene rings is 2. The number of aromatic nitrogens is 3. The SMILES string of the molecule is Cn1nnc2cc(CNC3(CO)CCCc4ccccc43)ccc21. The molecule has 0 saturated heterocycles. The Hall–Kier alpha value is -2.24. The molecule has 0 radical (unpaired) electrons. The molecular weight excluding hydrogens is 300 g/mol. The molecule has 5 nitrogen and oxygen atoms in total. The highest BCUT2D eigenvalue weighted by Gasteiger charge is 2.35. The number of hydrogen-bond donors (Lipinski definition) is 2. The Morgan fingerprint density at radius 2 is 2.12 bits per heavy atom. The van der Waals surface area contributed by atoms with Crippen molar-refractivity contribution in [3.8, 4) is 0 Å². The predicted octanol–water partition coefficient (Wildman–Crippen LogP) is 2.28. The minimum atomic E-state index is -0.355. The zero-order valence-electron chi connectivity index (χ0n) is 13.9. The third kappa shape index (κ3) is 2.50. The van der Waals surface area contributed by atoms with E-state index in [1.807, 2.05) is 13.1 Å². The third-order valence-corrected chi connectivity index (χ3v) is 5.16. The van der Waals surface area contributed by atoms with Gasteiger partial charge in [-0.05, 0) is 48.1 Å². The van der Waals surface area contributed by atoms with Gasteiger partial charge in [-0.25, -0.2) is 4.68 Å². The molecule has 5 heteroatoms. The molecular formula is C19H22N4O. The summed E-state index contributed by atoms with van der Waals surface area (Å²) >= 11 is 0. The maximum absolute atomic E-state index is 10.2. The second-order valence-electron chi connectivity index (χ2n) is 6.64. The van der Waals surface area contributed by atoms with E-state index in [0.29, 0.717) is 6.54 Å². The van der Waals surface area contributed by atoms with E-state index in [1.54, 1.807) is 4.68 Å². The highest BCUT2D eigenvalue weighted by molar-refractivity contribution is 5.74. The summed E-state index contributed by atoms with van der Waals surface area (Å²) in [6.45, 7) is 0.804. The Bertz CT molecular complexity index is 873. The lowest BCUT2D eigenvalue weighted by Gasteiger charge is -2.39. The molecule has 0 bridgehead atoms. The molecule has 1 heterocycles. The Balaban J connectivity index is 1.61. The average molecular weight is 322 g/mol. The van der Waals surface area contributed by atoms with Gasteiger partial charge >= 0.3 is 0 Å². The summed E-state index contributed by atoms with van der Waals surface area (Å²) in [6, 6.07) is 14.7. The number of rotatable bonds is 4. The normalized spacial score (nSPS) is 20.2. The quantitative estimate of drug-likeness (QED) is 0.773. The summed E-state index contributed by atoms with van der Waals surface area (Å²) in [5, 5.41) is 22.0. The fourth-order valence-corrected chi connectivity index (χ4v) is 3.79. The van der Waals surface area contributed by atoms with Crippen LogP contribution in [-0.2, 0) is 25.6 Å². The van der Waals surface area contributed by atoms with Crippen molar-refractivity contribution in [3.05, 3.63) is 59.2 Å². The van der Waals surface area contributed by atoms with Crippen molar-refractivity contribution in [2.24, 2.45) is 7.05 Å². The van der Waals surface area contributed by atoms with E-state index in [2.05, 4.69) is 52.0 Å². The summed E-state index contributed by atoms with van der Waals surface area (Å²) in [4.78, 5) is 0. The molecule has 3 aromatic rings. The highest BCUT2D eigenvalue weighted by Crippen LogP contribution is 2.35. The summed E-state index contributed by atoms with van der Waals surface area (Å²) in [5.74, 6) is 0. The van der Waals surface area contributed by atoms with Gasteiger partial charge in [-0.1, -0.05) is 35.5 Å². The van der Waals surface area contributed by atoms with E-state index in [0.717, 1.165) is 35.9 Å². The van der Waals surface area contributed by atoms with Crippen molar-refractivity contribution >= 4 is 11.0 Å². The molecule has 4 rings (SSSR count). The van der Waals surface area contributed by atoms with Gasteiger partial charge < -0.3 is 10.4 Å². The van der Waals surface area contributed by atoms with E-state index < -0.39 is 0 Å². The lowest BCUT2D eigenvalue weighted by molar-refractivity contribution is 0.140. The van der Waals surface area contributed by atoms with Crippen molar-refractivity contribution in [2.45, 2.75) is 31.3 Å². The maximum atomic E-state index is 10.2. The molecule has 0 amide bonds. The Morgan fingerprint density at radius 1 is 1.25 bits per heavy atom. The molecule has 0 aliphatic heterocycles. The van der Waals surface area contributed by atoms with Crippen LogP contribution in [0, 0.1) is 0 Å². The number of nitrogens with zero attached hydrogens (tertiary/aromatic N) is 3. The van der Waals surface area contributed by atoms with Crippen LogP contribution in [-0.4, -0.2) is 26.7 Å². The van der Waals surface area contributed by atoms with Crippen LogP contribution in [0.4, 0.5) is 0 Å². The summed E-state index contributed by atoms with van der Waals surface area (Å²) < 4.78 is 1.78. The molecule has 124 valence electrons. The van der Waals surface area contributed by atoms with Gasteiger partial charge in [0, 0.05) is 13.6 Å². The Labute approximate surface area is 141 Å². The van der Waals surface area contributed by atoms with Gasteiger partial charge in [0.2, 0.25) is 0 Å².